The van der Waals surface area contributed by atoms with Gasteiger partial charge in [-0.1, -0.05) is 42.5 Å². The van der Waals surface area contributed by atoms with Crippen molar-refractivity contribution in [3.63, 3.8) is 0 Å². The number of rotatable bonds is 1. The van der Waals surface area contributed by atoms with E-state index in [4.69, 9.17) is 0 Å². The number of fused-ring (bicyclic) bond motifs is 1. The van der Waals surface area contributed by atoms with Crippen LogP contribution in [0.3, 0.4) is 0 Å². The Labute approximate surface area is 139 Å². The van der Waals surface area contributed by atoms with Crippen LogP contribution in [0.15, 0.2) is 42.5 Å². The topological polar surface area (TPSA) is 0 Å². The minimum atomic E-state index is 0.639. The molecule has 0 aliphatic heterocycles. The van der Waals surface area contributed by atoms with Crippen LogP contribution in [0, 0.1) is 52.8 Å². The normalized spacial score (nSPS) is 59.7. The van der Waals surface area contributed by atoms with Gasteiger partial charge in [-0.25, -0.2) is 0 Å². The van der Waals surface area contributed by atoms with Gasteiger partial charge in [-0.05, 0) is 96.3 Å². The van der Waals surface area contributed by atoms with Crippen LogP contribution in [0.4, 0.5) is 0 Å². The van der Waals surface area contributed by atoms with Crippen LogP contribution in [0.25, 0.3) is 0 Å². The summed E-state index contributed by atoms with van der Waals surface area (Å²) in [6.45, 7) is 0. The second-order valence-corrected chi connectivity index (χ2v) is 9.83. The Morgan fingerprint density at radius 2 is 1.74 bits per heavy atom. The number of benzene rings is 1. The summed E-state index contributed by atoms with van der Waals surface area (Å²) in [6.07, 6.45) is 13.1. The summed E-state index contributed by atoms with van der Waals surface area (Å²) in [5.41, 5.74) is 2.30. The third-order valence-electron chi connectivity index (χ3n) is 9.57. The first-order chi connectivity index (χ1) is 11.4. The lowest BCUT2D eigenvalue weighted by atomic mass is 9.57. The molecule has 1 spiro atoms. The molecule has 118 valence electrons. The summed E-state index contributed by atoms with van der Waals surface area (Å²) in [6, 6.07) is 11.6. The van der Waals surface area contributed by atoms with E-state index in [1.165, 1.54) is 25.7 Å². The molecule has 7 aliphatic rings. The van der Waals surface area contributed by atoms with Gasteiger partial charge in [0.1, 0.15) is 0 Å². The summed E-state index contributed by atoms with van der Waals surface area (Å²) in [4.78, 5) is 0. The fourth-order valence-electron chi connectivity index (χ4n) is 9.44. The van der Waals surface area contributed by atoms with E-state index >= 15 is 0 Å². The highest BCUT2D eigenvalue weighted by Crippen LogP contribution is 2.80. The van der Waals surface area contributed by atoms with Gasteiger partial charge in [0.2, 0.25) is 0 Å². The van der Waals surface area contributed by atoms with Crippen LogP contribution in [-0.4, -0.2) is 0 Å². The predicted molar refractivity (Wildman–Crippen MR) is 91.8 cm³/mol. The Bertz CT molecular complexity index is 702. The zero-order chi connectivity index (χ0) is 14.8. The van der Waals surface area contributed by atoms with Crippen LogP contribution in [0.5, 0.6) is 0 Å². The minimum absolute atomic E-state index is 0.639. The molecule has 6 saturated carbocycles. The van der Waals surface area contributed by atoms with Crippen LogP contribution in [-0.2, 0) is 0 Å². The van der Waals surface area contributed by atoms with Crippen molar-refractivity contribution in [3.05, 3.63) is 48.0 Å². The van der Waals surface area contributed by atoms with E-state index in [0.717, 1.165) is 53.3 Å². The van der Waals surface area contributed by atoms with Crippen LogP contribution >= 0.6 is 0 Å². The van der Waals surface area contributed by atoms with Crippen molar-refractivity contribution in [2.24, 2.45) is 52.8 Å². The van der Waals surface area contributed by atoms with Gasteiger partial charge in [0.25, 0.3) is 0 Å². The molecule has 1 aromatic carbocycles. The second-order valence-electron chi connectivity index (χ2n) is 9.83. The van der Waals surface area contributed by atoms with E-state index in [1.807, 2.05) is 0 Å². The van der Waals surface area contributed by atoms with Crippen LogP contribution in [0.2, 0.25) is 0 Å². The van der Waals surface area contributed by atoms with Crippen molar-refractivity contribution in [2.75, 3.05) is 0 Å². The summed E-state index contributed by atoms with van der Waals surface area (Å²) >= 11 is 0. The van der Waals surface area contributed by atoms with Gasteiger partial charge in [-0.3, -0.25) is 0 Å². The second kappa shape index (κ2) is 3.79. The molecule has 0 nitrogen and oxygen atoms in total. The molecule has 7 aliphatic carbocycles. The maximum Gasteiger partial charge on any atom is -0.00755 e. The highest BCUT2D eigenvalue weighted by molar-refractivity contribution is 5.33. The van der Waals surface area contributed by atoms with Gasteiger partial charge in [0.15, 0.2) is 0 Å². The number of hydrogen-bond donors (Lipinski definition) is 0. The van der Waals surface area contributed by atoms with E-state index in [2.05, 4.69) is 42.5 Å². The lowest BCUT2D eigenvalue weighted by molar-refractivity contribution is 0.0389. The van der Waals surface area contributed by atoms with Crippen LogP contribution in [0.1, 0.15) is 43.6 Å². The molecule has 0 aromatic heterocycles. The molecule has 0 radical (unpaired) electrons. The van der Waals surface area contributed by atoms with Gasteiger partial charge in [0, 0.05) is 0 Å². The molecule has 6 fully saturated rings. The van der Waals surface area contributed by atoms with Crippen molar-refractivity contribution < 1.29 is 0 Å². The van der Waals surface area contributed by atoms with Crippen LogP contribution < -0.4 is 0 Å². The Morgan fingerprint density at radius 3 is 2.65 bits per heavy atom. The molecular formula is C23H26. The first kappa shape index (κ1) is 12.3. The monoisotopic (exact) mass is 302 g/mol. The van der Waals surface area contributed by atoms with E-state index in [0.29, 0.717) is 5.41 Å². The first-order valence-corrected chi connectivity index (χ1v) is 10.1. The summed E-state index contributed by atoms with van der Waals surface area (Å²) in [5.74, 6) is 9.45. The maximum atomic E-state index is 2.74. The smallest absolute Gasteiger partial charge is 0.00755 e. The summed E-state index contributed by atoms with van der Waals surface area (Å²) < 4.78 is 0. The summed E-state index contributed by atoms with van der Waals surface area (Å²) in [5, 5.41) is 0. The van der Waals surface area contributed by atoms with Gasteiger partial charge in [-0.2, -0.15) is 0 Å². The van der Waals surface area contributed by atoms with Crippen molar-refractivity contribution in [2.45, 2.75) is 38.0 Å². The third kappa shape index (κ3) is 1.24. The predicted octanol–water partition coefficient (Wildman–Crippen LogP) is 5.27. The summed E-state index contributed by atoms with van der Waals surface area (Å²) in [7, 11) is 0. The molecule has 8 rings (SSSR count). The van der Waals surface area contributed by atoms with Gasteiger partial charge < -0.3 is 0 Å². The maximum absolute atomic E-state index is 2.74. The Hall–Kier alpha value is -1.04. The molecule has 0 saturated heterocycles. The molecule has 10 unspecified atom stereocenters. The van der Waals surface area contributed by atoms with E-state index in [1.54, 1.807) is 12.0 Å². The van der Waals surface area contributed by atoms with E-state index in [-0.39, 0.29) is 0 Å². The van der Waals surface area contributed by atoms with Crippen molar-refractivity contribution >= 4 is 0 Å². The quantitative estimate of drug-likeness (QED) is 0.620. The molecule has 0 heterocycles. The van der Waals surface area contributed by atoms with Gasteiger partial charge in [-0.15, -0.1) is 0 Å². The van der Waals surface area contributed by atoms with Crippen molar-refractivity contribution in [1.82, 2.24) is 0 Å². The Balaban J connectivity index is 1.40. The molecule has 0 amide bonds. The lowest BCUT2D eigenvalue weighted by Crippen LogP contribution is -2.41. The highest BCUT2D eigenvalue weighted by atomic mass is 14.8. The third-order valence-corrected chi connectivity index (χ3v) is 9.57. The van der Waals surface area contributed by atoms with Gasteiger partial charge in [0.05, 0.1) is 0 Å². The fourth-order valence-corrected chi connectivity index (χ4v) is 9.44. The van der Waals surface area contributed by atoms with Crippen molar-refractivity contribution in [1.29, 1.82) is 0 Å². The molecular weight excluding hydrogens is 276 g/mol. The zero-order valence-corrected chi connectivity index (χ0v) is 13.8. The average molecular weight is 302 g/mol. The largest absolute Gasteiger partial charge is 0.0845 e. The van der Waals surface area contributed by atoms with Crippen molar-refractivity contribution in [3.8, 4) is 0 Å². The van der Waals surface area contributed by atoms with E-state index < -0.39 is 0 Å². The zero-order valence-electron chi connectivity index (χ0n) is 13.8. The molecule has 0 N–H and O–H groups in total. The SMILES string of the molecule is C1=CC23CC1C1C4CC(C5CCC(c6ccccc6)C(C2)C54)C13. The highest BCUT2D eigenvalue weighted by Gasteiger charge is 2.73. The number of hydrogen-bond acceptors (Lipinski definition) is 0. The molecule has 0 heteroatoms. The van der Waals surface area contributed by atoms with E-state index in [9.17, 15) is 0 Å². The standard InChI is InChI=1S/C23H26/c1-2-4-13(5-3-1)15-6-7-16-17-10-18-20-14-8-9-23(11-14,22(17)20)12-19(15)21(16)18/h1-5,8-9,14-22H,6-7,10-12H2. The molecule has 10 atom stereocenters. The fraction of sp³-hybridized carbons (Fsp3) is 0.652. The average Bonchev–Trinajstić information content (AvgIpc) is 3.29. The lowest BCUT2D eigenvalue weighted by Gasteiger charge is -2.47. The molecule has 9 bridgehead atoms. The molecule has 1 aromatic rings. The first-order valence-electron chi connectivity index (χ1n) is 10.1. The molecule has 23 heavy (non-hydrogen) atoms. The minimum Gasteiger partial charge on any atom is -0.0845 e. The van der Waals surface area contributed by atoms with Gasteiger partial charge >= 0.3 is 0 Å². The Morgan fingerprint density at radius 1 is 0.826 bits per heavy atom. The Kier molecular flexibility index (Phi) is 2.03. The number of allylic oxidation sites excluding steroid dienone is 2.